The van der Waals surface area contributed by atoms with Crippen LogP contribution in [-0.2, 0) is 9.53 Å². The molecule has 2 aromatic carbocycles. The summed E-state index contributed by atoms with van der Waals surface area (Å²) in [7, 11) is 1.42. The van der Waals surface area contributed by atoms with Crippen LogP contribution in [-0.4, -0.2) is 31.3 Å². The molecule has 0 aliphatic heterocycles. The second-order valence-corrected chi connectivity index (χ2v) is 6.94. The summed E-state index contributed by atoms with van der Waals surface area (Å²) < 4.78 is 10.2. The minimum atomic E-state index is -0.539. The minimum Gasteiger partial charge on any atom is -0.496 e. The van der Waals surface area contributed by atoms with Crippen molar-refractivity contribution in [1.29, 1.82) is 0 Å². The van der Waals surface area contributed by atoms with Crippen molar-refractivity contribution in [3.8, 4) is 5.75 Å². The van der Waals surface area contributed by atoms with Crippen LogP contribution in [0.3, 0.4) is 0 Å². The molecule has 26 heavy (non-hydrogen) atoms. The van der Waals surface area contributed by atoms with Crippen LogP contribution >= 0.6 is 35.0 Å². The SMILES string of the molecule is CCOC(=O)c1cc(Cl)c(NC(=O)CSc2ccc(Cl)cc2)cc1OC. The maximum atomic E-state index is 12.2. The van der Waals surface area contributed by atoms with Crippen LogP contribution in [0.2, 0.25) is 10.0 Å². The Kier molecular flexibility index (Phi) is 7.63. The average molecular weight is 414 g/mol. The molecule has 0 saturated carbocycles. The third kappa shape index (κ3) is 5.56. The van der Waals surface area contributed by atoms with Gasteiger partial charge in [-0.25, -0.2) is 4.79 Å². The number of methoxy groups -OCH3 is 1. The molecule has 0 aliphatic carbocycles. The Balaban J connectivity index is 2.07. The van der Waals surface area contributed by atoms with Gasteiger partial charge in [0.2, 0.25) is 5.91 Å². The number of benzene rings is 2. The summed E-state index contributed by atoms with van der Waals surface area (Å²) in [4.78, 5) is 25.0. The van der Waals surface area contributed by atoms with Crippen LogP contribution in [0.4, 0.5) is 5.69 Å². The molecular weight excluding hydrogens is 397 g/mol. The molecular formula is C18H17Cl2NO4S. The lowest BCUT2D eigenvalue weighted by Crippen LogP contribution is -2.15. The maximum Gasteiger partial charge on any atom is 0.341 e. The molecule has 8 heteroatoms. The molecule has 1 N–H and O–H groups in total. The number of carbonyl (C=O) groups excluding carboxylic acids is 2. The summed E-state index contributed by atoms with van der Waals surface area (Å²) in [5, 5.41) is 3.57. The van der Waals surface area contributed by atoms with Crippen LogP contribution < -0.4 is 10.1 Å². The number of ether oxygens (including phenoxy) is 2. The van der Waals surface area contributed by atoms with E-state index in [1.54, 1.807) is 19.1 Å². The summed E-state index contributed by atoms with van der Waals surface area (Å²) in [6.45, 7) is 1.94. The number of carbonyl (C=O) groups is 2. The summed E-state index contributed by atoms with van der Waals surface area (Å²) in [6, 6.07) is 10.1. The Hall–Kier alpha value is -1.89. The fraction of sp³-hybridized carbons (Fsp3) is 0.222. The predicted octanol–water partition coefficient (Wildman–Crippen LogP) is 4.91. The topological polar surface area (TPSA) is 64.6 Å². The first kappa shape index (κ1) is 20.4. The van der Waals surface area contributed by atoms with Crippen molar-refractivity contribution in [2.24, 2.45) is 0 Å². The molecule has 0 heterocycles. The second-order valence-electron chi connectivity index (χ2n) is 5.04. The lowest BCUT2D eigenvalue weighted by Gasteiger charge is -2.13. The number of anilines is 1. The molecule has 0 unspecified atom stereocenters. The fourth-order valence-electron chi connectivity index (χ4n) is 2.05. The molecule has 0 atom stereocenters. The van der Waals surface area contributed by atoms with Gasteiger partial charge < -0.3 is 14.8 Å². The Morgan fingerprint density at radius 3 is 2.46 bits per heavy atom. The number of esters is 1. The predicted molar refractivity (Wildman–Crippen MR) is 105 cm³/mol. The van der Waals surface area contributed by atoms with Gasteiger partial charge in [-0.1, -0.05) is 23.2 Å². The van der Waals surface area contributed by atoms with Crippen molar-refractivity contribution in [1.82, 2.24) is 0 Å². The van der Waals surface area contributed by atoms with E-state index in [0.717, 1.165) is 4.90 Å². The first-order chi connectivity index (χ1) is 12.4. The fourth-order valence-corrected chi connectivity index (χ4v) is 3.09. The van der Waals surface area contributed by atoms with E-state index in [-0.39, 0.29) is 34.6 Å². The summed E-state index contributed by atoms with van der Waals surface area (Å²) in [6.07, 6.45) is 0. The molecule has 2 aromatic rings. The van der Waals surface area contributed by atoms with E-state index in [9.17, 15) is 9.59 Å². The van der Waals surface area contributed by atoms with Gasteiger partial charge in [0.15, 0.2) is 0 Å². The smallest absolute Gasteiger partial charge is 0.341 e. The van der Waals surface area contributed by atoms with Crippen LogP contribution in [0, 0.1) is 0 Å². The van der Waals surface area contributed by atoms with Crippen molar-refractivity contribution in [2.45, 2.75) is 11.8 Å². The van der Waals surface area contributed by atoms with E-state index in [0.29, 0.717) is 10.7 Å². The van der Waals surface area contributed by atoms with Gasteiger partial charge in [0.1, 0.15) is 11.3 Å². The Morgan fingerprint density at radius 1 is 1.15 bits per heavy atom. The van der Waals surface area contributed by atoms with Gasteiger partial charge in [-0.3, -0.25) is 4.79 Å². The highest BCUT2D eigenvalue weighted by molar-refractivity contribution is 8.00. The van der Waals surface area contributed by atoms with Crippen molar-refractivity contribution < 1.29 is 19.1 Å². The van der Waals surface area contributed by atoms with Gasteiger partial charge in [-0.2, -0.15) is 0 Å². The lowest BCUT2D eigenvalue weighted by atomic mass is 10.1. The standard InChI is InChI=1S/C18H17Cl2NO4S/c1-3-25-18(23)13-8-14(20)15(9-16(13)24-2)21-17(22)10-26-12-6-4-11(19)5-7-12/h4-9H,3,10H2,1-2H3,(H,21,22). The lowest BCUT2D eigenvalue weighted by molar-refractivity contribution is -0.113. The zero-order valence-corrected chi connectivity index (χ0v) is 16.5. The van der Waals surface area contributed by atoms with Gasteiger partial charge in [0, 0.05) is 16.0 Å². The van der Waals surface area contributed by atoms with E-state index < -0.39 is 5.97 Å². The first-order valence-electron chi connectivity index (χ1n) is 7.67. The molecule has 0 bridgehead atoms. The number of nitrogens with one attached hydrogen (secondary N) is 1. The summed E-state index contributed by atoms with van der Waals surface area (Å²) in [5.74, 6) is -0.311. The molecule has 0 spiro atoms. The van der Waals surface area contributed by atoms with E-state index in [4.69, 9.17) is 32.7 Å². The highest BCUT2D eigenvalue weighted by Gasteiger charge is 2.18. The number of amides is 1. The monoisotopic (exact) mass is 413 g/mol. The number of rotatable bonds is 7. The van der Waals surface area contributed by atoms with Crippen LogP contribution in [0.1, 0.15) is 17.3 Å². The van der Waals surface area contributed by atoms with E-state index in [1.165, 1.54) is 31.0 Å². The zero-order chi connectivity index (χ0) is 19.1. The Bertz CT molecular complexity index is 797. The van der Waals surface area contributed by atoms with Gasteiger partial charge in [0.05, 0.1) is 30.2 Å². The molecule has 2 rings (SSSR count). The summed E-state index contributed by atoms with van der Waals surface area (Å²) in [5.41, 5.74) is 0.561. The van der Waals surface area contributed by atoms with Crippen LogP contribution in [0.5, 0.6) is 5.75 Å². The van der Waals surface area contributed by atoms with Crippen molar-refractivity contribution >= 4 is 52.5 Å². The highest BCUT2D eigenvalue weighted by Crippen LogP contribution is 2.32. The van der Waals surface area contributed by atoms with E-state index >= 15 is 0 Å². The molecule has 138 valence electrons. The quantitative estimate of drug-likeness (QED) is 0.515. The highest BCUT2D eigenvalue weighted by atomic mass is 35.5. The average Bonchev–Trinajstić information content (AvgIpc) is 2.62. The molecule has 0 aromatic heterocycles. The van der Waals surface area contributed by atoms with Crippen molar-refractivity contribution in [3.63, 3.8) is 0 Å². The molecule has 0 saturated heterocycles. The minimum absolute atomic E-state index is 0.194. The second kappa shape index (κ2) is 9.71. The first-order valence-corrected chi connectivity index (χ1v) is 9.41. The van der Waals surface area contributed by atoms with Crippen molar-refractivity contribution in [3.05, 3.63) is 52.0 Å². The zero-order valence-electron chi connectivity index (χ0n) is 14.2. The molecule has 0 radical (unpaired) electrons. The van der Waals surface area contributed by atoms with Crippen LogP contribution in [0.25, 0.3) is 0 Å². The summed E-state index contributed by atoms with van der Waals surface area (Å²) >= 11 is 13.4. The van der Waals surface area contributed by atoms with Crippen LogP contribution in [0.15, 0.2) is 41.3 Å². The molecule has 1 amide bonds. The van der Waals surface area contributed by atoms with E-state index in [2.05, 4.69) is 5.32 Å². The number of halogens is 2. The third-order valence-electron chi connectivity index (χ3n) is 3.24. The van der Waals surface area contributed by atoms with Gasteiger partial charge in [0.25, 0.3) is 0 Å². The maximum absolute atomic E-state index is 12.2. The van der Waals surface area contributed by atoms with E-state index in [1.807, 2.05) is 12.1 Å². The van der Waals surface area contributed by atoms with Gasteiger partial charge >= 0.3 is 5.97 Å². The number of thioether (sulfide) groups is 1. The van der Waals surface area contributed by atoms with Gasteiger partial charge in [-0.15, -0.1) is 11.8 Å². The third-order valence-corrected chi connectivity index (χ3v) is 4.82. The normalized spacial score (nSPS) is 10.3. The molecule has 0 aliphatic rings. The number of hydrogen-bond donors (Lipinski definition) is 1. The number of hydrogen-bond acceptors (Lipinski definition) is 5. The Morgan fingerprint density at radius 2 is 1.85 bits per heavy atom. The molecule has 0 fully saturated rings. The Labute approximate surface area is 166 Å². The molecule has 5 nitrogen and oxygen atoms in total. The van der Waals surface area contributed by atoms with Crippen molar-refractivity contribution in [2.75, 3.05) is 24.8 Å². The largest absolute Gasteiger partial charge is 0.496 e. The van der Waals surface area contributed by atoms with Gasteiger partial charge in [-0.05, 0) is 37.3 Å².